The normalized spacial score (nSPS) is 11.4. The Kier molecular flexibility index (Phi) is 3.69. The minimum absolute atomic E-state index is 0.370. The maximum atomic E-state index is 4.35. The first-order chi connectivity index (χ1) is 8.58. The molecule has 2 aromatic rings. The Morgan fingerprint density at radius 2 is 2.06 bits per heavy atom. The highest BCUT2D eigenvalue weighted by atomic mass is 15.3. The van der Waals surface area contributed by atoms with Crippen molar-refractivity contribution in [1.82, 2.24) is 19.3 Å². The van der Waals surface area contributed by atoms with Crippen LogP contribution in [0.1, 0.15) is 33.7 Å². The predicted molar refractivity (Wildman–Crippen MR) is 73.1 cm³/mol. The van der Waals surface area contributed by atoms with Crippen LogP contribution < -0.4 is 5.32 Å². The van der Waals surface area contributed by atoms with Crippen LogP contribution in [0.15, 0.2) is 24.8 Å². The molecule has 0 unspecified atom stereocenters. The Balaban J connectivity index is 2.19. The zero-order valence-corrected chi connectivity index (χ0v) is 11.5. The molecule has 0 aliphatic heterocycles. The fraction of sp³-hybridized carbons (Fsp3) is 0.538. The third kappa shape index (κ3) is 2.72. The van der Waals surface area contributed by atoms with Crippen molar-refractivity contribution in [3.63, 3.8) is 0 Å². The third-order valence-corrected chi connectivity index (χ3v) is 2.70. The van der Waals surface area contributed by atoms with E-state index in [1.54, 1.807) is 6.20 Å². The van der Waals surface area contributed by atoms with Crippen molar-refractivity contribution in [3.8, 4) is 5.69 Å². The second-order valence-electron chi connectivity index (χ2n) is 5.17. The quantitative estimate of drug-likeness (QED) is 0.883. The Bertz CT molecular complexity index is 495. The number of nitrogens with one attached hydrogen (secondary N) is 1. The lowest BCUT2D eigenvalue weighted by Crippen LogP contribution is -2.11. The van der Waals surface area contributed by atoms with E-state index in [9.17, 15) is 0 Å². The summed E-state index contributed by atoms with van der Waals surface area (Å²) in [5.41, 5.74) is 1.03. The summed E-state index contributed by atoms with van der Waals surface area (Å²) in [7, 11) is 0. The summed E-state index contributed by atoms with van der Waals surface area (Å²) in [6, 6.07) is 0.370. The standard InChI is InChI=1S/C13H21N5/c1-10(2)7-15-13-14-5-6-17(13)12-8-16-18(9-12)11(3)4/h5-6,8-11H,7H2,1-4H3,(H,14,15). The zero-order valence-electron chi connectivity index (χ0n) is 11.5. The van der Waals surface area contributed by atoms with E-state index in [0.717, 1.165) is 18.2 Å². The minimum Gasteiger partial charge on any atom is -0.355 e. The van der Waals surface area contributed by atoms with Crippen molar-refractivity contribution in [2.75, 3.05) is 11.9 Å². The molecule has 0 fully saturated rings. The lowest BCUT2D eigenvalue weighted by atomic mass is 10.2. The van der Waals surface area contributed by atoms with Gasteiger partial charge in [-0.2, -0.15) is 5.10 Å². The monoisotopic (exact) mass is 247 g/mol. The maximum absolute atomic E-state index is 4.35. The molecule has 0 aromatic carbocycles. The number of nitrogens with zero attached hydrogens (tertiary/aromatic N) is 4. The van der Waals surface area contributed by atoms with Crippen LogP contribution in [0.3, 0.4) is 0 Å². The second-order valence-corrected chi connectivity index (χ2v) is 5.17. The summed E-state index contributed by atoms with van der Waals surface area (Å²) in [5.74, 6) is 1.46. The number of hydrogen-bond acceptors (Lipinski definition) is 3. The van der Waals surface area contributed by atoms with Crippen molar-refractivity contribution in [2.45, 2.75) is 33.7 Å². The van der Waals surface area contributed by atoms with Crippen LogP contribution in [-0.4, -0.2) is 25.9 Å². The van der Waals surface area contributed by atoms with Crippen molar-refractivity contribution in [1.29, 1.82) is 0 Å². The van der Waals surface area contributed by atoms with Crippen LogP contribution in [0.2, 0.25) is 0 Å². The number of aromatic nitrogens is 4. The van der Waals surface area contributed by atoms with E-state index in [4.69, 9.17) is 0 Å². The topological polar surface area (TPSA) is 47.7 Å². The first kappa shape index (κ1) is 12.7. The molecular formula is C13H21N5. The van der Waals surface area contributed by atoms with Gasteiger partial charge in [0.2, 0.25) is 5.95 Å². The summed E-state index contributed by atoms with van der Waals surface area (Å²) in [4.78, 5) is 4.33. The van der Waals surface area contributed by atoms with Crippen molar-refractivity contribution in [2.24, 2.45) is 5.92 Å². The van der Waals surface area contributed by atoms with Gasteiger partial charge in [0.05, 0.1) is 11.9 Å². The Hall–Kier alpha value is -1.78. The molecule has 2 heterocycles. The van der Waals surface area contributed by atoms with Gasteiger partial charge in [-0.3, -0.25) is 9.25 Å². The lowest BCUT2D eigenvalue weighted by Gasteiger charge is -2.10. The van der Waals surface area contributed by atoms with Gasteiger partial charge in [0, 0.05) is 31.2 Å². The van der Waals surface area contributed by atoms with Crippen molar-refractivity contribution < 1.29 is 0 Å². The Morgan fingerprint density at radius 1 is 1.28 bits per heavy atom. The SMILES string of the molecule is CC(C)CNc1nccn1-c1cnn(C(C)C)c1. The molecule has 0 radical (unpaired) electrons. The fourth-order valence-electron chi connectivity index (χ4n) is 1.67. The Labute approximate surface area is 108 Å². The van der Waals surface area contributed by atoms with E-state index >= 15 is 0 Å². The lowest BCUT2D eigenvalue weighted by molar-refractivity contribution is 0.532. The third-order valence-electron chi connectivity index (χ3n) is 2.70. The van der Waals surface area contributed by atoms with Crippen molar-refractivity contribution in [3.05, 3.63) is 24.8 Å². The highest BCUT2D eigenvalue weighted by molar-refractivity contribution is 5.39. The summed E-state index contributed by atoms with van der Waals surface area (Å²) in [5, 5.41) is 7.69. The van der Waals surface area contributed by atoms with Gasteiger partial charge in [0.1, 0.15) is 0 Å². The molecule has 2 aromatic heterocycles. The molecule has 0 amide bonds. The van der Waals surface area contributed by atoms with Gasteiger partial charge in [-0.05, 0) is 19.8 Å². The van der Waals surface area contributed by atoms with Crippen LogP contribution in [-0.2, 0) is 0 Å². The number of rotatable bonds is 5. The summed E-state index contributed by atoms with van der Waals surface area (Å²) >= 11 is 0. The van der Waals surface area contributed by atoms with Gasteiger partial charge in [0.15, 0.2) is 0 Å². The van der Waals surface area contributed by atoms with Crippen LogP contribution in [0, 0.1) is 5.92 Å². The van der Waals surface area contributed by atoms with Gasteiger partial charge in [-0.1, -0.05) is 13.8 Å². The summed E-state index contributed by atoms with van der Waals surface area (Å²) in [6.45, 7) is 9.49. The molecular weight excluding hydrogens is 226 g/mol. The van der Waals surface area contributed by atoms with E-state index in [1.165, 1.54) is 0 Å². The van der Waals surface area contributed by atoms with E-state index in [2.05, 4.69) is 43.1 Å². The van der Waals surface area contributed by atoms with Gasteiger partial charge in [-0.15, -0.1) is 0 Å². The van der Waals surface area contributed by atoms with E-state index in [0.29, 0.717) is 12.0 Å². The molecule has 0 aliphatic rings. The average molecular weight is 247 g/mol. The highest BCUT2D eigenvalue weighted by Crippen LogP contribution is 2.15. The molecule has 5 nitrogen and oxygen atoms in total. The first-order valence-corrected chi connectivity index (χ1v) is 6.39. The first-order valence-electron chi connectivity index (χ1n) is 6.39. The van der Waals surface area contributed by atoms with E-state index in [1.807, 2.05) is 27.8 Å². The number of anilines is 1. The molecule has 98 valence electrons. The van der Waals surface area contributed by atoms with Gasteiger partial charge < -0.3 is 5.32 Å². The molecule has 2 rings (SSSR count). The number of imidazole rings is 1. The second kappa shape index (κ2) is 5.25. The van der Waals surface area contributed by atoms with Gasteiger partial charge in [-0.25, -0.2) is 4.98 Å². The smallest absolute Gasteiger partial charge is 0.207 e. The fourth-order valence-corrected chi connectivity index (χ4v) is 1.67. The zero-order chi connectivity index (χ0) is 13.1. The predicted octanol–water partition coefficient (Wildman–Crippen LogP) is 2.72. The van der Waals surface area contributed by atoms with Crippen LogP contribution in [0.5, 0.6) is 0 Å². The Morgan fingerprint density at radius 3 is 2.67 bits per heavy atom. The van der Waals surface area contributed by atoms with E-state index in [-0.39, 0.29) is 0 Å². The van der Waals surface area contributed by atoms with Gasteiger partial charge >= 0.3 is 0 Å². The maximum Gasteiger partial charge on any atom is 0.207 e. The molecule has 18 heavy (non-hydrogen) atoms. The van der Waals surface area contributed by atoms with Crippen LogP contribution in [0.4, 0.5) is 5.95 Å². The summed E-state index contributed by atoms with van der Waals surface area (Å²) in [6.07, 6.45) is 7.65. The molecule has 0 bridgehead atoms. The number of hydrogen-bond donors (Lipinski definition) is 1. The molecule has 0 saturated heterocycles. The van der Waals surface area contributed by atoms with E-state index < -0.39 is 0 Å². The van der Waals surface area contributed by atoms with Crippen LogP contribution in [0.25, 0.3) is 5.69 Å². The minimum atomic E-state index is 0.370. The highest BCUT2D eigenvalue weighted by Gasteiger charge is 2.08. The van der Waals surface area contributed by atoms with Crippen LogP contribution >= 0.6 is 0 Å². The summed E-state index contributed by atoms with van der Waals surface area (Å²) < 4.78 is 3.97. The molecule has 0 atom stereocenters. The average Bonchev–Trinajstić information content (AvgIpc) is 2.94. The molecule has 1 N–H and O–H groups in total. The molecule has 0 saturated carbocycles. The van der Waals surface area contributed by atoms with Gasteiger partial charge in [0.25, 0.3) is 0 Å². The molecule has 0 aliphatic carbocycles. The molecule has 0 spiro atoms. The molecule has 5 heteroatoms. The van der Waals surface area contributed by atoms with Crippen molar-refractivity contribution >= 4 is 5.95 Å². The largest absolute Gasteiger partial charge is 0.355 e.